The van der Waals surface area contributed by atoms with Crippen LogP contribution in [0.4, 0.5) is 0 Å². The fourth-order valence-corrected chi connectivity index (χ4v) is 0.150. The molecule has 6 radical (unpaired) electrons. The van der Waals surface area contributed by atoms with Gasteiger partial charge in [0, 0.05) is 35.0 Å². The molecule has 0 atom stereocenters. The second-order valence-corrected chi connectivity index (χ2v) is 2.86. The van der Waals surface area contributed by atoms with Gasteiger partial charge >= 0.3 is 0 Å². The molecule has 0 unspecified atom stereocenters. The minimum Gasteiger partial charge on any atom is -0.396 e. The van der Waals surface area contributed by atoms with Crippen molar-refractivity contribution in [2.45, 2.75) is 6.92 Å². The van der Waals surface area contributed by atoms with Crippen LogP contribution in [0.1, 0.15) is 6.92 Å². The minimum atomic E-state index is -0.708. The molecule has 7 heteroatoms. The molecule has 0 aromatic rings. The van der Waals surface area contributed by atoms with Crippen molar-refractivity contribution in [2.24, 2.45) is 5.41 Å². The standard InChI is InChI=1S/C5H12O3.B4/c1-5(2-6,3-7)4-8;1-4(2)3/h6-8H,2-4H2,1H3;. The quantitative estimate of drug-likeness (QED) is 0.401. The highest BCUT2D eigenvalue weighted by Crippen LogP contribution is 2.10. The molecule has 0 aromatic carbocycles. The predicted molar refractivity (Wildman–Crippen MR) is 52.4 cm³/mol. The highest BCUT2D eigenvalue weighted by Gasteiger charge is 2.20. The maximum Gasteiger partial charge on any atom is 0.0528 e. The number of hydrogen-bond donors (Lipinski definition) is 3. The van der Waals surface area contributed by atoms with E-state index in [1.54, 1.807) is 6.92 Å². The molecule has 0 aliphatic carbocycles. The fraction of sp³-hybridized carbons (Fsp3) is 1.00. The molecule has 0 fully saturated rings. The Morgan fingerprint density at radius 2 is 1.17 bits per heavy atom. The van der Waals surface area contributed by atoms with Crippen LogP contribution in [0.5, 0.6) is 0 Å². The second-order valence-electron chi connectivity index (χ2n) is 2.86. The van der Waals surface area contributed by atoms with Gasteiger partial charge in [0.2, 0.25) is 0 Å². The van der Waals surface area contributed by atoms with Gasteiger partial charge in [-0.05, 0) is 0 Å². The zero-order chi connectivity index (χ0) is 10.2. The normalized spacial score (nSPS) is 10.0. The van der Waals surface area contributed by atoms with Gasteiger partial charge in [-0.15, -0.1) is 0 Å². The van der Waals surface area contributed by atoms with Crippen molar-refractivity contribution < 1.29 is 15.3 Å². The van der Waals surface area contributed by atoms with Gasteiger partial charge in [-0.1, -0.05) is 6.92 Å². The molecule has 0 saturated carbocycles. The van der Waals surface area contributed by atoms with Gasteiger partial charge in [-0.25, -0.2) is 0 Å². The van der Waals surface area contributed by atoms with E-state index in [0.717, 1.165) is 0 Å². The molecule has 0 spiro atoms. The van der Waals surface area contributed by atoms with E-state index in [1.165, 1.54) is 0 Å². The minimum absolute atomic E-state index is 0.181. The lowest BCUT2D eigenvalue weighted by atomic mass is 9.08. The highest BCUT2D eigenvalue weighted by atomic mass is 16.3. The Morgan fingerprint density at radius 3 is 1.17 bits per heavy atom. The van der Waals surface area contributed by atoms with Crippen molar-refractivity contribution in [3.05, 3.63) is 0 Å². The summed E-state index contributed by atoms with van der Waals surface area (Å²) in [6.07, 6.45) is -0.667. The molecule has 0 bridgehead atoms. The van der Waals surface area contributed by atoms with Gasteiger partial charge in [0.1, 0.15) is 0 Å². The Balaban J connectivity index is 0. The van der Waals surface area contributed by atoms with Crippen LogP contribution in [-0.2, 0) is 0 Å². The Morgan fingerprint density at radius 1 is 1.00 bits per heavy atom. The lowest BCUT2D eigenvalue weighted by Crippen LogP contribution is -2.29. The molecule has 62 valence electrons. The van der Waals surface area contributed by atoms with Gasteiger partial charge in [-0.2, -0.15) is 0 Å². The van der Waals surface area contributed by atoms with E-state index in [4.69, 9.17) is 15.3 Å². The Bertz CT molecular complexity index is 85.7. The number of aliphatic hydroxyl groups is 3. The van der Waals surface area contributed by atoms with Gasteiger partial charge in [0.15, 0.2) is 0 Å². The summed E-state index contributed by atoms with van der Waals surface area (Å²) < 4.78 is 0. The predicted octanol–water partition coefficient (Wildman–Crippen LogP) is -2.55. The van der Waals surface area contributed by atoms with Crippen molar-refractivity contribution in [1.82, 2.24) is 0 Å². The first-order chi connectivity index (χ1) is 5.41. The Labute approximate surface area is 77.8 Å². The average molecular weight is 163 g/mol. The largest absolute Gasteiger partial charge is 0.396 e. The number of aliphatic hydroxyl groups excluding tert-OH is 3. The van der Waals surface area contributed by atoms with Crippen molar-refractivity contribution >= 4 is 29.6 Å². The molecule has 0 amide bonds. The van der Waals surface area contributed by atoms with Crippen molar-refractivity contribution in [3.63, 3.8) is 0 Å². The van der Waals surface area contributed by atoms with E-state index in [-0.39, 0.29) is 19.8 Å². The Hall–Kier alpha value is 0.140. The number of rotatable bonds is 3. The first kappa shape index (κ1) is 14.7. The summed E-state index contributed by atoms with van der Waals surface area (Å²) in [4.78, 5) is 0. The monoisotopic (exact) mass is 164 g/mol. The molecule has 0 aromatic heterocycles. The summed E-state index contributed by atoms with van der Waals surface area (Å²) in [6, 6.07) is 0. The lowest BCUT2D eigenvalue weighted by molar-refractivity contribution is 0.0200. The molecule has 0 aliphatic heterocycles. The fourth-order valence-electron chi connectivity index (χ4n) is 0.150. The van der Waals surface area contributed by atoms with Gasteiger partial charge < -0.3 is 15.3 Å². The van der Waals surface area contributed by atoms with Crippen LogP contribution >= 0.6 is 0 Å². The molecular weight excluding hydrogens is 151 g/mol. The second kappa shape index (κ2) is 7.77. The van der Waals surface area contributed by atoms with Crippen molar-refractivity contribution in [3.8, 4) is 0 Å². The summed E-state index contributed by atoms with van der Waals surface area (Å²) in [5.74, 6) is 0. The zero-order valence-electron chi connectivity index (χ0n) is 7.27. The number of hydrogen-bond acceptors (Lipinski definition) is 3. The maximum atomic E-state index is 8.47. The lowest BCUT2D eigenvalue weighted by Gasteiger charge is -2.20. The summed E-state index contributed by atoms with van der Waals surface area (Å²) >= 11 is 0. The summed E-state index contributed by atoms with van der Waals surface area (Å²) in [6.45, 7) is 1.06. The molecule has 0 saturated heterocycles. The third-order valence-electron chi connectivity index (χ3n) is 1.15. The summed E-state index contributed by atoms with van der Waals surface area (Å²) in [7, 11) is 14.0. The molecular formula is C5H12B4O3. The average Bonchev–Trinajstić information content (AvgIpc) is 2.02. The molecule has 3 N–H and O–H groups in total. The molecule has 0 aliphatic rings. The van der Waals surface area contributed by atoms with Crippen LogP contribution in [0, 0.1) is 5.41 Å². The molecule has 0 rings (SSSR count). The van der Waals surface area contributed by atoms with Crippen LogP contribution in [0.2, 0.25) is 0 Å². The van der Waals surface area contributed by atoms with E-state index in [2.05, 4.69) is 23.2 Å². The van der Waals surface area contributed by atoms with Crippen LogP contribution in [-0.4, -0.2) is 64.7 Å². The maximum absolute atomic E-state index is 8.47. The van der Waals surface area contributed by atoms with E-state index in [0.29, 0.717) is 0 Å². The van der Waals surface area contributed by atoms with Crippen molar-refractivity contribution in [1.29, 1.82) is 0 Å². The van der Waals surface area contributed by atoms with E-state index in [9.17, 15) is 0 Å². The zero-order valence-corrected chi connectivity index (χ0v) is 7.27. The van der Waals surface area contributed by atoms with Crippen LogP contribution in [0.25, 0.3) is 0 Å². The topological polar surface area (TPSA) is 60.7 Å². The first-order valence-electron chi connectivity index (χ1n) is 3.51. The SMILES string of the molecule is CC(CO)(CO)CO.[B]B([B])[B]. The van der Waals surface area contributed by atoms with E-state index >= 15 is 0 Å². The van der Waals surface area contributed by atoms with Crippen LogP contribution in [0.15, 0.2) is 0 Å². The van der Waals surface area contributed by atoms with Crippen LogP contribution < -0.4 is 0 Å². The summed E-state index contributed by atoms with van der Waals surface area (Å²) in [5.41, 5.74) is -0.708. The summed E-state index contributed by atoms with van der Waals surface area (Å²) in [5, 5.41) is 25.4. The third kappa shape index (κ3) is 10.1. The van der Waals surface area contributed by atoms with E-state index in [1.807, 2.05) is 0 Å². The van der Waals surface area contributed by atoms with E-state index < -0.39 is 11.8 Å². The van der Waals surface area contributed by atoms with Crippen molar-refractivity contribution in [2.75, 3.05) is 19.8 Å². The smallest absolute Gasteiger partial charge is 0.0528 e. The van der Waals surface area contributed by atoms with Gasteiger partial charge in [0.25, 0.3) is 0 Å². The van der Waals surface area contributed by atoms with Gasteiger partial charge in [0.05, 0.1) is 19.8 Å². The Kier molecular flexibility index (Phi) is 9.49. The molecule has 0 heterocycles. The molecule has 12 heavy (non-hydrogen) atoms. The highest BCUT2D eigenvalue weighted by molar-refractivity contribution is 7.49. The van der Waals surface area contributed by atoms with Gasteiger partial charge in [-0.3, -0.25) is 0 Å². The first-order valence-corrected chi connectivity index (χ1v) is 3.51. The molecule has 3 nitrogen and oxygen atoms in total. The third-order valence-corrected chi connectivity index (χ3v) is 1.15. The van der Waals surface area contributed by atoms with Crippen LogP contribution in [0.3, 0.4) is 0 Å².